The van der Waals surface area contributed by atoms with Crippen LogP contribution in [0.2, 0.25) is 0 Å². The predicted molar refractivity (Wildman–Crippen MR) is 129 cm³/mol. The van der Waals surface area contributed by atoms with Gasteiger partial charge in [-0.15, -0.1) is 11.8 Å². The summed E-state index contributed by atoms with van der Waals surface area (Å²) in [6.45, 7) is 1.23. The Kier molecular flexibility index (Phi) is 10.1. The molecule has 1 aliphatic heterocycles. The molecule has 0 bridgehead atoms. The molecule has 0 radical (unpaired) electrons. The summed E-state index contributed by atoms with van der Waals surface area (Å²) in [4.78, 5) is 23.8. The van der Waals surface area contributed by atoms with Crippen LogP contribution in [0.3, 0.4) is 0 Å². The van der Waals surface area contributed by atoms with Crippen molar-refractivity contribution >= 4 is 29.8 Å². The zero-order valence-electron chi connectivity index (χ0n) is 18.6. The molecule has 8 nitrogen and oxygen atoms in total. The number of nitrogens with zero attached hydrogens (tertiary/aromatic N) is 1. The van der Waals surface area contributed by atoms with Crippen LogP contribution in [0.25, 0.3) is 0 Å². The van der Waals surface area contributed by atoms with Gasteiger partial charge in [-0.05, 0) is 60.4 Å². The normalized spacial score (nSPS) is 15.4. The lowest BCUT2D eigenvalue weighted by Crippen LogP contribution is -2.35. The topological polar surface area (TPSA) is 98.3 Å². The fraction of sp³-hybridized carbons (Fsp3) is 0.375. The summed E-state index contributed by atoms with van der Waals surface area (Å²) in [5, 5.41) is 6.80. The maximum atomic E-state index is 11.9. The summed E-state index contributed by atoms with van der Waals surface area (Å²) in [7, 11) is 1.63. The molecule has 176 valence electrons. The first kappa shape index (κ1) is 24.6. The van der Waals surface area contributed by atoms with E-state index in [2.05, 4.69) is 15.8 Å². The van der Waals surface area contributed by atoms with Gasteiger partial charge in [-0.1, -0.05) is 12.1 Å². The molecule has 0 spiro atoms. The van der Waals surface area contributed by atoms with E-state index in [4.69, 9.17) is 14.2 Å². The van der Waals surface area contributed by atoms with E-state index in [0.29, 0.717) is 18.0 Å². The predicted octanol–water partition coefficient (Wildman–Crippen LogP) is 2.75. The first-order valence-corrected chi connectivity index (χ1v) is 11.9. The summed E-state index contributed by atoms with van der Waals surface area (Å²) in [5.41, 5.74) is 4.45. The standard InChI is InChI=1S/C24H29N3O5S/c1-30-20-8-6-19(7-9-20)16-33-17-24(29)27-26-13-18-4-10-21(11-5-18)32-15-23(28)25-14-22-3-2-12-31-22/h4-11,13,22H,2-3,12,14-17H2,1H3,(H,25,28)(H,27,29)/b26-13-/t22-/m1/s1. The van der Waals surface area contributed by atoms with Crippen molar-refractivity contribution in [2.75, 3.05) is 32.6 Å². The van der Waals surface area contributed by atoms with E-state index in [1.54, 1.807) is 37.6 Å². The van der Waals surface area contributed by atoms with Gasteiger partial charge in [0.05, 0.1) is 25.2 Å². The first-order chi connectivity index (χ1) is 16.1. The monoisotopic (exact) mass is 471 g/mol. The second kappa shape index (κ2) is 13.5. The summed E-state index contributed by atoms with van der Waals surface area (Å²) < 4.78 is 16.1. The molecule has 1 aliphatic rings. The van der Waals surface area contributed by atoms with E-state index in [9.17, 15) is 9.59 Å². The molecule has 1 fully saturated rings. The average Bonchev–Trinajstić information content (AvgIpc) is 3.36. The highest BCUT2D eigenvalue weighted by atomic mass is 32.2. The fourth-order valence-electron chi connectivity index (χ4n) is 3.08. The zero-order chi connectivity index (χ0) is 23.3. The van der Waals surface area contributed by atoms with Gasteiger partial charge in [0.25, 0.3) is 5.91 Å². The Hall–Kier alpha value is -3.04. The van der Waals surface area contributed by atoms with Crippen molar-refractivity contribution in [1.29, 1.82) is 0 Å². The molecular weight excluding hydrogens is 442 g/mol. The van der Waals surface area contributed by atoms with Gasteiger partial charge in [-0.25, -0.2) is 5.43 Å². The number of rotatable bonds is 12. The van der Waals surface area contributed by atoms with Crippen molar-refractivity contribution in [2.24, 2.45) is 5.10 Å². The molecule has 3 rings (SSSR count). The molecular formula is C24H29N3O5S. The second-order valence-corrected chi connectivity index (χ2v) is 8.42. The van der Waals surface area contributed by atoms with E-state index in [-0.39, 0.29) is 24.5 Å². The van der Waals surface area contributed by atoms with Gasteiger partial charge in [0.2, 0.25) is 5.91 Å². The van der Waals surface area contributed by atoms with Gasteiger partial charge < -0.3 is 19.5 Å². The lowest BCUT2D eigenvalue weighted by atomic mass is 10.2. The highest BCUT2D eigenvalue weighted by molar-refractivity contribution is 7.99. The Morgan fingerprint density at radius 3 is 2.58 bits per heavy atom. The molecule has 0 saturated carbocycles. The van der Waals surface area contributed by atoms with Gasteiger partial charge in [0, 0.05) is 18.9 Å². The molecule has 1 atom stereocenters. The van der Waals surface area contributed by atoms with Gasteiger partial charge >= 0.3 is 0 Å². The molecule has 1 heterocycles. The number of amides is 2. The minimum Gasteiger partial charge on any atom is -0.497 e. The average molecular weight is 472 g/mol. The molecule has 2 N–H and O–H groups in total. The highest BCUT2D eigenvalue weighted by Gasteiger charge is 2.16. The maximum absolute atomic E-state index is 11.9. The number of benzene rings is 2. The van der Waals surface area contributed by atoms with Gasteiger partial charge in [0.1, 0.15) is 11.5 Å². The van der Waals surface area contributed by atoms with E-state index in [1.807, 2.05) is 24.3 Å². The number of nitrogens with one attached hydrogen (secondary N) is 2. The molecule has 0 aromatic heterocycles. The van der Waals surface area contributed by atoms with Crippen molar-refractivity contribution in [1.82, 2.24) is 10.7 Å². The Bertz CT molecular complexity index is 913. The molecule has 2 amide bonds. The minimum atomic E-state index is -0.177. The minimum absolute atomic E-state index is 0.0512. The van der Waals surface area contributed by atoms with Crippen LogP contribution >= 0.6 is 11.8 Å². The smallest absolute Gasteiger partial charge is 0.258 e. The summed E-state index contributed by atoms with van der Waals surface area (Å²) in [6, 6.07) is 14.9. The molecule has 0 unspecified atom stereocenters. The lowest BCUT2D eigenvalue weighted by Gasteiger charge is -2.11. The fourth-order valence-corrected chi connectivity index (χ4v) is 3.86. The van der Waals surface area contributed by atoms with E-state index in [1.165, 1.54) is 11.8 Å². The molecule has 2 aromatic carbocycles. The third kappa shape index (κ3) is 9.15. The first-order valence-electron chi connectivity index (χ1n) is 10.8. The van der Waals surface area contributed by atoms with Gasteiger partial charge in [-0.3, -0.25) is 9.59 Å². The van der Waals surface area contributed by atoms with Crippen LogP contribution < -0.4 is 20.2 Å². The Morgan fingerprint density at radius 1 is 1.12 bits per heavy atom. The molecule has 9 heteroatoms. The quantitative estimate of drug-likeness (QED) is 0.365. The van der Waals surface area contributed by atoms with E-state index >= 15 is 0 Å². The third-order valence-electron chi connectivity index (χ3n) is 4.86. The number of thioether (sulfide) groups is 1. The number of carbonyl (C=O) groups excluding carboxylic acids is 2. The van der Waals surface area contributed by atoms with Crippen molar-refractivity contribution < 1.29 is 23.8 Å². The number of hydrazone groups is 1. The zero-order valence-corrected chi connectivity index (χ0v) is 19.4. The SMILES string of the molecule is COc1ccc(CSCC(=O)N/N=C\c2ccc(OCC(=O)NC[C@H]3CCCO3)cc2)cc1. The highest BCUT2D eigenvalue weighted by Crippen LogP contribution is 2.16. The van der Waals surface area contributed by atoms with Crippen molar-refractivity contribution in [3.63, 3.8) is 0 Å². The van der Waals surface area contributed by atoms with Gasteiger partial charge in [0.15, 0.2) is 6.61 Å². The molecule has 2 aromatic rings. The summed E-state index contributed by atoms with van der Waals surface area (Å²) in [6.07, 6.45) is 3.69. The van der Waals surface area contributed by atoms with Crippen LogP contribution in [-0.4, -0.2) is 56.8 Å². The summed E-state index contributed by atoms with van der Waals surface area (Å²) >= 11 is 1.51. The van der Waals surface area contributed by atoms with Crippen molar-refractivity contribution in [2.45, 2.75) is 24.7 Å². The maximum Gasteiger partial charge on any atom is 0.258 e. The Balaban J connectivity index is 1.30. The molecule has 33 heavy (non-hydrogen) atoms. The Morgan fingerprint density at radius 2 is 1.88 bits per heavy atom. The number of hydrogen-bond acceptors (Lipinski definition) is 7. The largest absolute Gasteiger partial charge is 0.497 e. The number of methoxy groups -OCH3 is 1. The van der Waals surface area contributed by atoms with Gasteiger partial charge in [-0.2, -0.15) is 5.10 Å². The van der Waals surface area contributed by atoms with Crippen LogP contribution in [0.4, 0.5) is 0 Å². The number of ether oxygens (including phenoxy) is 3. The second-order valence-electron chi connectivity index (χ2n) is 7.43. The van der Waals surface area contributed by atoms with Crippen LogP contribution in [0, 0.1) is 0 Å². The number of carbonyl (C=O) groups is 2. The lowest BCUT2D eigenvalue weighted by molar-refractivity contribution is -0.123. The number of hydrogen-bond donors (Lipinski definition) is 2. The van der Waals surface area contributed by atoms with Crippen LogP contribution in [0.1, 0.15) is 24.0 Å². The van der Waals surface area contributed by atoms with E-state index in [0.717, 1.165) is 42.1 Å². The molecule has 1 saturated heterocycles. The Labute approximate surface area is 198 Å². The van der Waals surface area contributed by atoms with Crippen LogP contribution in [0.15, 0.2) is 53.6 Å². The van der Waals surface area contributed by atoms with Crippen molar-refractivity contribution in [3.8, 4) is 11.5 Å². The third-order valence-corrected chi connectivity index (χ3v) is 5.87. The van der Waals surface area contributed by atoms with Crippen LogP contribution in [0.5, 0.6) is 11.5 Å². The molecule has 0 aliphatic carbocycles. The summed E-state index contributed by atoms with van der Waals surface area (Å²) in [5.74, 6) is 2.09. The van der Waals surface area contributed by atoms with Crippen LogP contribution in [-0.2, 0) is 20.1 Å². The van der Waals surface area contributed by atoms with Crippen molar-refractivity contribution in [3.05, 3.63) is 59.7 Å². The van der Waals surface area contributed by atoms with E-state index < -0.39 is 0 Å².